The van der Waals surface area contributed by atoms with Gasteiger partial charge in [0.2, 0.25) is 0 Å². The number of allylic oxidation sites excluding steroid dienone is 1. The van der Waals surface area contributed by atoms with Crippen molar-refractivity contribution in [2.75, 3.05) is 18.0 Å². The molecule has 0 radical (unpaired) electrons. The highest BCUT2D eigenvalue weighted by molar-refractivity contribution is 5.76. The summed E-state index contributed by atoms with van der Waals surface area (Å²) in [5, 5.41) is 0. The standard InChI is InChI=1S/C16H17NO.2C4H10/c1-11-6-7-13-10-12-4-2-8-17-9-3-5-14(15(12)17)16(13)18-11;2*1-4(2)3/h6-7,10H,1-5,8-9H2;2*4H,1-3H3. The summed E-state index contributed by atoms with van der Waals surface area (Å²) in [7, 11) is 0. The number of anilines is 1. The van der Waals surface area contributed by atoms with E-state index in [-0.39, 0.29) is 0 Å². The van der Waals surface area contributed by atoms with Gasteiger partial charge in [0.25, 0.3) is 0 Å². The largest absolute Gasteiger partial charge is 0.457 e. The van der Waals surface area contributed by atoms with Crippen molar-refractivity contribution >= 4 is 11.8 Å². The fourth-order valence-electron chi connectivity index (χ4n) is 3.45. The molecule has 1 aromatic carbocycles. The molecule has 0 N–H and O–H groups in total. The molecule has 144 valence electrons. The quantitative estimate of drug-likeness (QED) is 0.518. The van der Waals surface area contributed by atoms with Crippen LogP contribution < -0.4 is 9.64 Å². The smallest absolute Gasteiger partial charge is 0.139 e. The minimum absolute atomic E-state index is 0.756. The first-order valence-electron chi connectivity index (χ1n) is 10.3. The van der Waals surface area contributed by atoms with Crippen LogP contribution in [0.3, 0.4) is 0 Å². The molecular formula is C24H37NO. The second-order valence-electron chi connectivity index (χ2n) is 8.84. The Morgan fingerprint density at radius 1 is 0.923 bits per heavy atom. The molecule has 0 fully saturated rings. The zero-order valence-electron chi connectivity index (χ0n) is 17.7. The SMILES string of the molecule is C=C1C=Cc2cc3c4c(c2O1)CCCN4CCC3.CC(C)C.CC(C)C. The zero-order valence-corrected chi connectivity index (χ0v) is 17.7. The normalized spacial score (nSPS) is 16.8. The van der Waals surface area contributed by atoms with E-state index in [0.717, 1.165) is 29.8 Å². The van der Waals surface area contributed by atoms with E-state index in [2.05, 4.69) is 65.2 Å². The summed E-state index contributed by atoms with van der Waals surface area (Å²) < 4.78 is 5.89. The fourth-order valence-corrected chi connectivity index (χ4v) is 3.45. The summed E-state index contributed by atoms with van der Waals surface area (Å²) in [4.78, 5) is 2.54. The van der Waals surface area contributed by atoms with Gasteiger partial charge in [-0.05, 0) is 61.3 Å². The van der Waals surface area contributed by atoms with E-state index in [9.17, 15) is 0 Å². The summed E-state index contributed by atoms with van der Waals surface area (Å²) in [5.41, 5.74) is 5.63. The van der Waals surface area contributed by atoms with Crippen LogP contribution in [0.5, 0.6) is 5.75 Å². The van der Waals surface area contributed by atoms with Crippen molar-refractivity contribution in [2.24, 2.45) is 11.8 Å². The minimum Gasteiger partial charge on any atom is -0.457 e. The van der Waals surface area contributed by atoms with E-state index in [1.165, 1.54) is 54.7 Å². The second-order valence-corrected chi connectivity index (χ2v) is 8.84. The summed E-state index contributed by atoms with van der Waals surface area (Å²) in [6.07, 6.45) is 8.98. The van der Waals surface area contributed by atoms with Crippen molar-refractivity contribution in [1.82, 2.24) is 0 Å². The Balaban J connectivity index is 0.000000261. The summed E-state index contributed by atoms with van der Waals surface area (Å²) in [6.45, 7) is 19.3. The average molecular weight is 356 g/mol. The number of ether oxygens (including phenoxy) is 1. The van der Waals surface area contributed by atoms with Crippen LogP contribution in [0.4, 0.5) is 5.69 Å². The van der Waals surface area contributed by atoms with Gasteiger partial charge in [0.15, 0.2) is 0 Å². The molecule has 0 spiro atoms. The molecule has 26 heavy (non-hydrogen) atoms. The van der Waals surface area contributed by atoms with Crippen LogP contribution in [0.15, 0.2) is 24.5 Å². The van der Waals surface area contributed by atoms with Crippen molar-refractivity contribution < 1.29 is 4.74 Å². The molecule has 0 aromatic heterocycles. The second kappa shape index (κ2) is 9.30. The lowest BCUT2D eigenvalue weighted by Crippen LogP contribution is -2.34. The van der Waals surface area contributed by atoms with E-state index in [4.69, 9.17) is 4.74 Å². The van der Waals surface area contributed by atoms with Crippen LogP contribution in [0, 0.1) is 11.8 Å². The van der Waals surface area contributed by atoms with Crippen LogP contribution >= 0.6 is 0 Å². The third-order valence-corrected chi connectivity index (χ3v) is 4.18. The van der Waals surface area contributed by atoms with Crippen LogP contribution in [-0.4, -0.2) is 13.1 Å². The van der Waals surface area contributed by atoms with E-state index in [1.54, 1.807) is 0 Å². The predicted molar refractivity (Wildman–Crippen MR) is 115 cm³/mol. The van der Waals surface area contributed by atoms with Gasteiger partial charge < -0.3 is 9.64 Å². The zero-order chi connectivity index (χ0) is 19.3. The van der Waals surface area contributed by atoms with Crippen molar-refractivity contribution in [3.63, 3.8) is 0 Å². The summed E-state index contributed by atoms with van der Waals surface area (Å²) >= 11 is 0. The number of benzene rings is 1. The first-order chi connectivity index (χ1) is 12.3. The Labute approximate surface area is 160 Å². The van der Waals surface area contributed by atoms with Crippen molar-refractivity contribution in [1.29, 1.82) is 0 Å². The van der Waals surface area contributed by atoms with Crippen LogP contribution in [0.25, 0.3) is 6.08 Å². The van der Waals surface area contributed by atoms with E-state index in [0.29, 0.717) is 0 Å². The molecule has 0 unspecified atom stereocenters. The molecule has 2 nitrogen and oxygen atoms in total. The number of aryl methyl sites for hydroxylation is 1. The van der Waals surface area contributed by atoms with E-state index >= 15 is 0 Å². The van der Waals surface area contributed by atoms with Gasteiger partial charge in [0.05, 0.1) is 0 Å². The molecule has 1 aromatic rings. The third-order valence-electron chi connectivity index (χ3n) is 4.18. The molecule has 2 heteroatoms. The number of nitrogens with zero attached hydrogens (tertiary/aromatic N) is 1. The molecule has 0 atom stereocenters. The fraction of sp³-hybridized carbons (Fsp3) is 0.583. The van der Waals surface area contributed by atoms with Gasteiger partial charge in [-0.15, -0.1) is 0 Å². The van der Waals surface area contributed by atoms with E-state index in [1.807, 2.05) is 6.08 Å². The Hall–Kier alpha value is -1.70. The topological polar surface area (TPSA) is 12.5 Å². The van der Waals surface area contributed by atoms with Crippen molar-refractivity contribution in [2.45, 2.75) is 67.2 Å². The molecular weight excluding hydrogens is 318 g/mol. The van der Waals surface area contributed by atoms with Crippen molar-refractivity contribution in [3.8, 4) is 5.75 Å². The Kier molecular flexibility index (Phi) is 7.37. The molecule has 0 bridgehead atoms. The maximum Gasteiger partial charge on any atom is 0.139 e. The highest BCUT2D eigenvalue weighted by atomic mass is 16.5. The summed E-state index contributed by atoms with van der Waals surface area (Å²) in [5.74, 6) is 3.49. The highest BCUT2D eigenvalue weighted by Gasteiger charge is 2.28. The summed E-state index contributed by atoms with van der Waals surface area (Å²) in [6, 6.07) is 2.31. The number of rotatable bonds is 0. The Morgan fingerprint density at radius 3 is 2.12 bits per heavy atom. The molecule has 0 aliphatic carbocycles. The first kappa shape index (κ1) is 20.6. The van der Waals surface area contributed by atoms with Gasteiger partial charge in [-0.25, -0.2) is 0 Å². The minimum atomic E-state index is 0.756. The van der Waals surface area contributed by atoms with Crippen LogP contribution in [0.2, 0.25) is 0 Å². The number of hydrogen-bond acceptors (Lipinski definition) is 2. The molecule has 3 heterocycles. The maximum absolute atomic E-state index is 5.89. The molecule has 4 rings (SSSR count). The van der Waals surface area contributed by atoms with Crippen LogP contribution in [-0.2, 0) is 12.8 Å². The van der Waals surface area contributed by atoms with E-state index < -0.39 is 0 Å². The first-order valence-corrected chi connectivity index (χ1v) is 10.3. The lowest BCUT2D eigenvalue weighted by molar-refractivity contribution is 0.433. The molecule has 0 amide bonds. The number of fused-ring (bicyclic) bond motifs is 2. The van der Waals surface area contributed by atoms with Crippen molar-refractivity contribution in [3.05, 3.63) is 41.2 Å². The number of hydrogen-bond donors (Lipinski definition) is 0. The third kappa shape index (κ3) is 5.40. The van der Waals surface area contributed by atoms with Gasteiger partial charge in [-0.3, -0.25) is 0 Å². The Bertz CT molecular complexity index is 641. The molecule has 0 saturated heterocycles. The molecule has 3 aliphatic heterocycles. The lowest BCUT2D eigenvalue weighted by atomic mass is 9.88. The monoisotopic (exact) mass is 355 g/mol. The van der Waals surface area contributed by atoms with Gasteiger partial charge in [-0.1, -0.05) is 48.1 Å². The van der Waals surface area contributed by atoms with Gasteiger partial charge in [-0.2, -0.15) is 0 Å². The van der Waals surface area contributed by atoms with Gasteiger partial charge in [0.1, 0.15) is 11.5 Å². The maximum atomic E-state index is 5.89. The molecule has 3 aliphatic rings. The average Bonchev–Trinajstić information content (AvgIpc) is 2.55. The highest BCUT2D eigenvalue weighted by Crippen LogP contribution is 2.44. The lowest BCUT2D eigenvalue weighted by Gasteiger charge is -2.38. The Morgan fingerprint density at radius 2 is 1.50 bits per heavy atom. The van der Waals surface area contributed by atoms with Gasteiger partial charge in [0, 0.05) is 29.9 Å². The predicted octanol–water partition coefficient (Wildman–Crippen LogP) is 6.63. The molecule has 0 saturated carbocycles. The van der Waals surface area contributed by atoms with Crippen LogP contribution in [0.1, 0.15) is 71.1 Å². The van der Waals surface area contributed by atoms with Gasteiger partial charge >= 0.3 is 0 Å².